The molecule has 0 amide bonds. The van der Waals surface area contributed by atoms with Crippen LogP contribution >= 0.6 is 0 Å². The summed E-state index contributed by atoms with van der Waals surface area (Å²) < 4.78 is 8.75. The number of hydrogen-bond donors (Lipinski definition) is 0. The summed E-state index contributed by atoms with van der Waals surface area (Å²) in [5.74, 6) is 0.981. The normalized spacial score (nSPS) is 13.4. The quantitative estimate of drug-likeness (QED) is 0.276. The van der Waals surface area contributed by atoms with Crippen molar-refractivity contribution in [3.8, 4) is 0 Å². The van der Waals surface area contributed by atoms with Gasteiger partial charge in [0.15, 0.2) is 5.76 Å². The van der Waals surface area contributed by atoms with Crippen LogP contribution in [0, 0.1) is 0 Å². The summed E-state index contributed by atoms with van der Waals surface area (Å²) in [5, 5.41) is 3.76. The average Bonchev–Trinajstić information content (AvgIpc) is 3.41. The first kappa shape index (κ1) is 19.2. The van der Waals surface area contributed by atoms with Gasteiger partial charge in [0, 0.05) is 51.2 Å². The van der Waals surface area contributed by atoms with Gasteiger partial charge in [0.1, 0.15) is 5.58 Å². The number of aromatic nitrogens is 1. The molecule has 0 saturated heterocycles. The van der Waals surface area contributed by atoms with Crippen LogP contribution in [-0.4, -0.2) is 4.57 Å². The average molecular weight is 441 g/mol. The molecule has 0 aliphatic heterocycles. The zero-order valence-corrected chi connectivity index (χ0v) is 19.0. The van der Waals surface area contributed by atoms with Crippen LogP contribution in [-0.2, 0) is 13.5 Å². The van der Waals surface area contributed by atoms with Gasteiger partial charge in [-0.1, -0.05) is 60.7 Å². The van der Waals surface area contributed by atoms with E-state index in [4.69, 9.17) is 4.42 Å². The molecule has 3 nitrogen and oxygen atoms in total. The highest BCUT2D eigenvalue weighted by Gasteiger charge is 2.27. The van der Waals surface area contributed by atoms with Crippen molar-refractivity contribution in [3.63, 3.8) is 0 Å². The molecule has 0 atom stereocenters. The minimum absolute atomic E-state index is 0.956. The fourth-order valence-electron chi connectivity index (χ4n) is 5.49. The van der Waals surface area contributed by atoms with Gasteiger partial charge in [-0.3, -0.25) is 0 Å². The SMILES string of the molecule is Cn1c2ccccc2c2cc(N(C3=CCCc4c3oc3ccccc43)c3ccccc3)ccc21. The van der Waals surface area contributed by atoms with Gasteiger partial charge in [-0.15, -0.1) is 0 Å². The number of aryl methyl sites for hydroxylation is 2. The van der Waals surface area contributed by atoms with Crippen molar-refractivity contribution in [2.75, 3.05) is 4.90 Å². The second-order valence-electron chi connectivity index (χ2n) is 8.98. The lowest BCUT2D eigenvalue weighted by molar-refractivity contribution is 0.588. The molecule has 7 rings (SSSR count). The summed E-state index contributed by atoms with van der Waals surface area (Å²) in [5.41, 5.74) is 8.12. The highest BCUT2D eigenvalue weighted by atomic mass is 16.3. The van der Waals surface area contributed by atoms with Crippen LogP contribution in [0.4, 0.5) is 11.4 Å². The summed E-state index contributed by atoms with van der Waals surface area (Å²) in [4.78, 5) is 2.35. The van der Waals surface area contributed by atoms with Crippen LogP contribution < -0.4 is 4.90 Å². The van der Waals surface area contributed by atoms with Gasteiger partial charge in [0.05, 0.1) is 5.70 Å². The van der Waals surface area contributed by atoms with Gasteiger partial charge in [0.2, 0.25) is 0 Å². The molecule has 0 fully saturated rings. The van der Waals surface area contributed by atoms with Crippen LogP contribution in [0.15, 0.2) is 108 Å². The van der Waals surface area contributed by atoms with E-state index >= 15 is 0 Å². The number of benzene rings is 4. The second kappa shape index (κ2) is 7.39. The maximum Gasteiger partial charge on any atom is 0.155 e. The Bertz CT molecular complexity index is 1720. The van der Waals surface area contributed by atoms with Crippen molar-refractivity contribution in [1.29, 1.82) is 0 Å². The van der Waals surface area contributed by atoms with Gasteiger partial charge in [-0.05, 0) is 55.3 Å². The molecule has 6 aromatic rings. The predicted octanol–water partition coefficient (Wildman–Crippen LogP) is 8.20. The Labute approximate surface area is 198 Å². The maximum absolute atomic E-state index is 6.47. The molecule has 2 aromatic heterocycles. The van der Waals surface area contributed by atoms with Crippen LogP contribution in [0.5, 0.6) is 0 Å². The van der Waals surface area contributed by atoms with Crippen LogP contribution in [0.3, 0.4) is 0 Å². The van der Waals surface area contributed by atoms with Gasteiger partial charge in [0.25, 0.3) is 0 Å². The third kappa shape index (κ3) is 2.77. The molecule has 1 aliphatic rings. The van der Waals surface area contributed by atoms with E-state index < -0.39 is 0 Å². The number of nitrogens with zero attached hydrogens (tertiary/aromatic N) is 2. The number of rotatable bonds is 3. The first-order chi connectivity index (χ1) is 16.8. The molecule has 0 saturated carbocycles. The lowest BCUT2D eigenvalue weighted by Crippen LogP contribution is -2.17. The number of para-hydroxylation sites is 3. The third-order valence-corrected chi connectivity index (χ3v) is 7.07. The van der Waals surface area contributed by atoms with Gasteiger partial charge in [-0.25, -0.2) is 0 Å². The summed E-state index contributed by atoms with van der Waals surface area (Å²) in [6, 6.07) is 34.4. The number of hydrogen-bond acceptors (Lipinski definition) is 2. The molecule has 0 bridgehead atoms. The van der Waals surface area contributed by atoms with Crippen LogP contribution in [0.2, 0.25) is 0 Å². The van der Waals surface area contributed by atoms with Gasteiger partial charge >= 0.3 is 0 Å². The summed E-state index contributed by atoms with van der Waals surface area (Å²) in [7, 11) is 2.14. The zero-order valence-electron chi connectivity index (χ0n) is 19.0. The summed E-state index contributed by atoms with van der Waals surface area (Å²) in [6.45, 7) is 0. The van der Waals surface area contributed by atoms with Crippen molar-refractivity contribution in [2.24, 2.45) is 7.05 Å². The third-order valence-electron chi connectivity index (χ3n) is 7.07. The van der Waals surface area contributed by atoms with E-state index in [9.17, 15) is 0 Å². The number of furan rings is 1. The van der Waals surface area contributed by atoms with E-state index in [0.29, 0.717) is 0 Å². The molecular weight excluding hydrogens is 416 g/mol. The molecule has 0 spiro atoms. The van der Waals surface area contributed by atoms with E-state index in [1.54, 1.807) is 0 Å². The van der Waals surface area contributed by atoms with Gasteiger partial charge < -0.3 is 13.9 Å². The lowest BCUT2D eigenvalue weighted by atomic mass is 9.97. The Kier molecular flexibility index (Phi) is 4.18. The Balaban J connectivity index is 1.48. The van der Waals surface area contributed by atoms with Crippen LogP contribution in [0.1, 0.15) is 17.7 Å². The smallest absolute Gasteiger partial charge is 0.155 e. The van der Waals surface area contributed by atoms with Crippen molar-refractivity contribution in [3.05, 3.63) is 114 Å². The molecule has 34 heavy (non-hydrogen) atoms. The first-order valence-electron chi connectivity index (χ1n) is 11.8. The van der Waals surface area contributed by atoms with E-state index in [2.05, 4.69) is 114 Å². The fourth-order valence-corrected chi connectivity index (χ4v) is 5.49. The number of allylic oxidation sites excluding steroid dienone is 1. The van der Waals surface area contributed by atoms with Crippen molar-refractivity contribution < 1.29 is 4.42 Å². The second-order valence-corrected chi connectivity index (χ2v) is 8.98. The molecule has 4 aromatic carbocycles. The molecular formula is C31H24N2O. The molecule has 0 N–H and O–H groups in total. The minimum Gasteiger partial charge on any atom is -0.454 e. The number of anilines is 2. The van der Waals surface area contributed by atoms with Gasteiger partial charge in [-0.2, -0.15) is 0 Å². The lowest BCUT2D eigenvalue weighted by Gasteiger charge is -2.29. The van der Waals surface area contributed by atoms with E-state index in [1.165, 1.54) is 32.8 Å². The Morgan fingerprint density at radius 2 is 1.44 bits per heavy atom. The molecule has 0 unspecified atom stereocenters. The van der Waals surface area contributed by atoms with Crippen LogP contribution in [0.25, 0.3) is 38.5 Å². The monoisotopic (exact) mass is 440 g/mol. The topological polar surface area (TPSA) is 21.3 Å². The summed E-state index contributed by atoms with van der Waals surface area (Å²) in [6.07, 6.45) is 4.32. The Morgan fingerprint density at radius 1 is 0.706 bits per heavy atom. The molecule has 0 radical (unpaired) electrons. The van der Waals surface area contributed by atoms with Crippen molar-refractivity contribution in [2.45, 2.75) is 12.8 Å². The Hall–Kier alpha value is -4.24. The number of fused-ring (bicyclic) bond motifs is 6. The van der Waals surface area contributed by atoms with Crippen molar-refractivity contribution in [1.82, 2.24) is 4.57 Å². The first-order valence-corrected chi connectivity index (χ1v) is 11.8. The minimum atomic E-state index is 0.956. The summed E-state index contributed by atoms with van der Waals surface area (Å²) >= 11 is 0. The van der Waals surface area contributed by atoms with E-state index in [-0.39, 0.29) is 0 Å². The van der Waals surface area contributed by atoms with E-state index in [0.717, 1.165) is 41.3 Å². The highest BCUT2D eigenvalue weighted by Crippen LogP contribution is 2.43. The van der Waals surface area contributed by atoms with E-state index in [1.807, 2.05) is 6.07 Å². The zero-order chi connectivity index (χ0) is 22.6. The predicted molar refractivity (Wildman–Crippen MR) is 142 cm³/mol. The van der Waals surface area contributed by atoms with Crippen molar-refractivity contribution >= 4 is 49.8 Å². The molecule has 2 heterocycles. The highest BCUT2D eigenvalue weighted by molar-refractivity contribution is 6.10. The molecule has 1 aliphatic carbocycles. The fraction of sp³-hybridized carbons (Fsp3) is 0.0968. The largest absolute Gasteiger partial charge is 0.454 e. The molecule has 164 valence electrons. The molecule has 3 heteroatoms. The Morgan fingerprint density at radius 3 is 2.32 bits per heavy atom. The standard InChI is InChI=1S/C31H24N2O/c1-32-27-15-7-5-12-23(27)26-20-22(18-19-28(26)32)33(21-10-3-2-4-11-21)29-16-9-14-25-24-13-6-8-17-30(24)34-31(25)29/h2-8,10-13,15-20H,9,14H2,1H3. The maximum atomic E-state index is 6.47.